The van der Waals surface area contributed by atoms with Crippen molar-refractivity contribution in [1.29, 1.82) is 0 Å². The highest BCUT2D eigenvalue weighted by Gasteiger charge is 2.25. The average Bonchev–Trinajstić information content (AvgIpc) is 3.16. The van der Waals surface area contributed by atoms with Crippen LogP contribution in [0.1, 0.15) is 75.0 Å². The average molecular weight is 408 g/mol. The minimum absolute atomic E-state index is 0.225. The lowest BCUT2D eigenvalue weighted by Crippen LogP contribution is -2.21. The summed E-state index contributed by atoms with van der Waals surface area (Å²) in [5.74, 6) is 0.467. The molecule has 7 heteroatoms. The van der Waals surface area contributed by atoms with Crippen molar-refractivity contribution in [3.05, 3.63) is 48.2 Å². The van der Waals surface area contributed by atoms with Gasteiger partial charge in [0.05, 0.1) is 23.4 Å². The van der Waals surface area contributed by atoms with Crippen LogP contribution in [0.3, 0.4) is 0 Å². The molecule has 1 aliphatic carbocycles. The molecule has 3 aromatic rings. The zero-order valence-electron chi connectivity index (χ0n) is 17.8. The van der Waals surface area contributed by atoms with E-state index in [1.165, 1.54) is 37.9 Å². The SMILES string of the molecule is CCC1CCC(n2cc3cc(NC(=O)c4cnccn4)c(C(C)(C)O)cc3n2)CC1. The van der Waals surface area contributed by atoms with Gasteiger partial charge in [0, 0.05) is 35.2 Å². The highest BCUT2D eigenvalue weighted by atomic mass is 16.3. The number of anilines is 1. The first-order chi connectivity index (χ1) is 14.3. The molecule has 0 bridgehead atoms. The third-order valence-corrected chi connectivity index (χ3v) is 6.13. The molecule has 0 radical (unpaired) electrons. The van der Waals surface area contributed by atoms with E-state index in [1.807, 2.05) is 12.1 Å². The summed E-state index contributed by atoms with van der Waals surface area (Å²) in [6.45, 7) is 5.67. The second-order valence-electron chi connectivity index (χ2n) is 8.75. The predicted molar refractivity (Wildman–Crippen MR) is 116 cm³/mol. The van der Waals surface area contributed by atoms with E-state index in [-0.39, 0.29) is 11.6 Å². The first kappa shape index (κ1) is 20.5. The number of hydrogen-bond donors (Lipinski definition) is 2. The Hall–Kier alpha value is -2.80. The lowest BCUT2D eigenvalue weighted by atomic mass is 9.85. The Kier molecular flexibility index (Phi) is 5.56. The van der Waals surface area contributed by atoms with Crippen molar-refractivity contribution in [2.24, 2.45) is 5.92 Å². The molecule has 2 aromatic heterocycles. The number of nitrogens with one attached hydrogen (secondary N) is 1. The molecule has 1 fully saturated rings. The zero-order valence-corrected chi connectivity index (χ0v) is 17.8. The van der Waals surface area contributed by atoms with E-state index >= 15 is 0 Å². The van der Waals surface area contributed by atoms with Crippen molar-refractivity contribution in [1.82, 2.24) is 19.7 Å². The highest BCUT2D eigenvalue weighted by molar-refractivity contribution is 6.04. The number of carbonyl (C=O) groups is 1. The van der Waals surface area contributed by atoms with E-state index in [0.29, 0.717) is 17.3 Å². The van der Waals surface area contributed by atoms with Crippen LogP contribution in [0.15, 0.2) is 36.9 Å². The van der Waals surface area contributed by atoms with Crippen molar-refractivity contribution in [2.75, 3.05) is 5.32 Å². The number of benzene rings is 1. The molecule has 1 aliphatic rings. The van der Waals surface area contributed by atoms with Gasteiger partial charge in [-0.25, -0.2) is 4.98 Å². The summed E-state index contributed by atoms with van der Waals surface area (Å²) in [5.41, 5.74) is 1.08. The normalized spacial score (nSPS) is 19.7. The molecule has 158 valence electrons. The summed E-state index contributed by atoms with van der Waals surface area (Å²) in [6.07, 6.45) is 12.5. The van der Waals surface area contributed by atoms with Gasteiger partial charge in [0.25, 0.3) is 5.91 Å². The van der Waals surface area contributed by atoms with Crippen LogP contribution in [-0.2, 0) is 5.60 Å². The zero-order chi connectivity index (χ0) is 21.3. The Morgan fingerprint density at radius 3 is 2.63 bits per heavy atom. The monoisotopic (exact) mass is 407 g/mol. The number of fused-ring (bicyclic) bond motifs is 1. The first-order valence-electron chi connectivity index (χ1n) is 10.7. The van der Waals surface area contributed by atoms with Crippen LogP contribution in [0.25, 0.3) is 10.9 Å². The van der Waals surface area contributed by atoms with E-state index in [1.54, 1.807) is 13.8 Å². The van der Waals surface area contributed by atoms with Gasteiger partial charge in [0.15, 0.2) is 0 Å². The molecule has 1 amide bonds. The summed E-state index contributed by atoms with van der Waals surface area (Å²) >= 11 is 0. The molecule has 7 nitrogen and oxygen atoms in total. The van der Waals surface area contributed by atoms with Gasteiger partial charge >= 0.3 is 0 Å². The molecule has 0 atom stereocenters. The highest BCUT2D eigenvalue weighted by Crippen LogP contribution is 2.36. The quantitative estimate of drug-likeness (QED) is 0.652. The Morgan fingerprint density at radius 2 is 2.00 bits per heavy atom. The number of nitrogens with zero attached hydrogens (tertiary/aromatic N) is 4. The third kappa shape index (κ3) is 4.21. The fraction of sp³-hybridized carbons (Fsp3) is 0.478. The van der Waals surface area contributed by atoms with Crippen molar-refractivity contribution in [3.8, 4) is 0 Å². The predicted octanol–water partition coefficient (Wildman–Crippen LogP) is 4.45. The van der Waals surface area contributed by atoms with Gasteiger partial charge < -0.3 is 10.4 Å². The minimum atomic E-state index is -1.14. The maximum Gasteiger partial charge on any atom is 0.275 e. The lowest BCUT2D eigenvalue weighted by Gasteiger charge is -2.27. The van der Waals surface area contributed by atoms with Crippen LogP contribution in [-0.4, -0.2) is 30.8 Å². The van der Waals surface area contributed by atoms with E-state index in [9.17, 15) is 9.90 Å². The maximum absolute atomic E-state index is 12.6. The van der Waals surface area contributed by atoms with Gasteiger partial charge in [0.1, 0.15) is 5.69 Å². The van der Waals surface area contributed by atoms with Gasteiger partial charge in [-0.15, -0.1) is 0 Å². The molecule has 0 aliphatic heterocycles. The Balaban J connectivity index is 1.66. The fourth-order valence-corrected chi connectivity index (χ4v) is 4.31. The third-order valence-electron chi connectivity index (χ3n) is 6.13. The molecule has 1 saturated carbocycles. The van der Waals surface area contributed by atoms with Crippen molar-refractivity contribution in [3.63, 3.8) is 0 Å². The Labute approximate surface area is 176 Å². The van der Waals surface area contributed by atoms with E-state index in [4.69, 9.17) is 5.10 Å². The molecule has 0 saturated heterocycles. The van der Waals surface area contributed by atoms with E-state index in [2.05, 4.69) is 33.1 Å². The summed E-state index contributed by atoms with van der Waals surface area (Å²) in [6, 6.07) is 4.16. The summed E-state index contributed by atoms with van der Waals surface area (Å²) in [4.78, 5) is 20.6. The van der Waals surface area contributed by atoms with Gasteiger partial charge in [-0.3, -0.25) is 14.5 Å². The Morgan fingerprint density at radius 1 is 1.23 bits per heavy atom. The van der Waals surface area contributed by atoms with Gasteiger partial charge in [-0.2, -0.15) is 5.10 Å². The van der Waals surface area contributed by atoms with Crippen molar-refractivity contribution < 1.29 is 9.90 Å². The molecule has 2 N–H and O–H groups in total. The second kappa shape index (κ2) is 8.14. The molecule has 30 heavy (non-hydrogen) atoms. The summed E-state index contributed by atoms with van der Waals surface area (Å²) in [5, 5.41) is 19.4. The fourth-order valence-electron chi connectivity index (χ4n) is 4.31. The lowest BCUT2D eigenvalue weighted by molar-refractivity contribution is 0.0793. The number of hydrogen-bond acceptors (Lipinski definition) is 5. The molecule has 4 rings (SSSR count). The number of rotatable bonds is 5. The molecule has 0 spiro atoms. The topological polar surface area (TPSA) is 92.9 Å². The minimum Gasteiger partial charge on any atom is -0.386 e. The first-order valence-corrected chi connectivity index (χ1v) is 10.7. The van der Waals surface area contributed by atoms with Gasteiger partial charge in [-0.05, 0) is 57.6 Å². The number of aromatic nitrogens is 4. The van der Waals surface area contributed by atoms with Crippen LogP contribution in [0, 0.1) is 5.92 Å². The van der Waals surface area contributed by atoms with Crippen molar-refractivity contribution in [2.45, 2.75) is 64.5 Å². The molecule has 0 unspecified atom stereocenters. The summed E-state index contributed by atoms with van der Waals surface area (Å²) < 4.78 is 2.07. The van der Waals surface area contributed by atoms with Crippen LogP contribution in [0.2, 0.25) is 0 Å². The molecule has 2 heterocycles. The summed E-state index contributed by atoms with van der Waals surface area (Å²) in [7, 11) is 0. The maximum atomic E-state index is 12.6. The van der Waals surface area contributed by atoms with Crippen LogP contribution in [0.5, 0.6) is 0 Å². The van der Waals surface area contributed by atoms with Crippen LogP contribution < -0.4 is 5.32 Å². The van der Waals surface area contributed by atoms with Gasteiger partial charge in [-0.1, -0.05) is 13.3 Å². The second-order valence-corrected chi connectivity index (χ2v) is 8.75. The number of amides is 1. The van der Waals surface area contributed by atoms with Crippen LogP contribution in [0.4, 0.5) is 5.69 Å². The smallest absolute Gasteiger partial charge is 0.275 e. The van der Waals surface area contributed by atoms with E-state index < -0.39 is 5.60 Å². The Bertz CT molecular complexity index is 1030. The van der Waals surface area contributed by atoms with E-state index in [0.717, 1.165) is 29.7 Å². The van der Waals surface area contributed by atoms with Gasteiger partial charge in [0.2, 0.25) is 0 Å². The molecule has 1 aromatic carbocycles. The standard InChI is InChI=1S/C23H29N5O2/c1-4-15-5-7-17(8-6-15)28-14-16-11-20(18(23(2,3)30)12-19(16)27-28)26-22(29)21-13-24-9-10-25-21/h9-15,17,30H,4-8H2,1-3H3,(H,26,29). The van der Waals surface area contributed by atoms with Crippen LogP contribution >= 0.6 is 0 Å². The largest absolute Gasteiger partial charge is 0.386 e. The number of aliphatic hydroxyl groups is 1. The molecular formula is C23H29N5O2. The number of carbonyl (C=O) groups excluding carboxylic acids is 1. The van der Waals surface area contributed by atoms with Crippen molar-refractivity contribution >= 4 is 22.5 Å². The molecular weight excluding hydrogens is 378 g/mol.